The van der Waals surface area contributed by atoms with Crippen molar-refractivity contribution in [2.75, 3.05) is 7.11 Å². The lowest BCUT2D eigenvalue weighted by Crippen LogP contribution is -1.97. The van der Waals surface area contributed by atoms with Crippen molar-refractivity contribution in [1.29, 1.82) is 0 Å². The van der Waals surface area contributed by atoms with Crippen molar-refractivity contribution in [2.24, 2.45) is 0 Å². The Bertz CT molecular complexity index is 604. The average Bonchev–Trinajstić information content (AvgIpc) is 2.41. The minimum absolute atomic E-state index is 0.0179. The van der Waals surface area contributed by atoms with Crippen molar-refractivity contribution in [2.45, 2.75) is 4.83 Å². The largest absolute Gasteiger partial charge is 0.496 e. The summed E-state index contributed by atoms with van der Waals surface area (Å²) in [5.41, 5.74) is 2.04. The second kappa shape index (κ2) is 6.66. The number of hydrogen-bond donors (Lipinski definition) is 0. The maximum Gasteiger partial charge on any atom is 0.123 e. The highest BCUT2D eigenvalue weighted by Crippen LogP contribution is 2.39. The number of halogens is 4. The predicted octanol–water partition coefficient (Wildman–Crippen LogP) is 6.09. The van der Waals surface area contributed by atoms with E-state index in [2.05, 4.69) is 38.5 Å². The van der Waals surface area contributed by atoms with Crippen molar-refractivity contribution >= 4 is 61.7 Å². The first-order valence-corrected chi connectivity index (χ1v) is 8.20. The third-order valence-corrected chi connectivity index (χ3v) is 5.53. The number of alkyl halides is 1. The van der Waals surface area contributed by atoms with Crippen LogP contribution in [0.15, 0.2) is 36.4 Å². The number of rotatable bonds is 3. The standard InChI is InChI=1S/C14H10BrCl2IO/c1-19-13-5-3-9(16)7-10(13)14(15)8-2-4-12(18)11(17)6-8/h2-7,14H,1H3. The van der Waals surface area contributed by atoms with Crippen molar-refractivity contribution < 1.29 is 4.74 Å². The first-order chi connectivity index (χ1) is 9.02. The molecule has 100 valence electrons. The summed E-state index contributed by atoms with van der Waals surface area (Å²) in [7, 11) is 1.65. The van der Waals surface area contributed by atoms with Gasteiger partial charge in [-0.3, -0.25) is 0 Å². The maximum absolute atomic E-state index is 6.16. The quantitative estimate of drug-likeness (QED) is 0.389. The highest BCUT2D eigenvalue weighted by molar-refractivity contribution is 14.1. The Balaban J connectivity index is 2.45. The fourth-order valence-corrected chi connectivity index (χ4v) is 3.10. The van der Waals surface area contributed by atoms with E-state index in [4.69, 9.17) is 27.9 Å². The van der Waals surface area contributed by atoms with E-state index in [1.54, 1.807) is 7.11 Å². The Labute approximate surface area is 144 Å². The average molecular weight is 472 g/mol. The molecule has 5 heteroatoms. The summed E-state index contributed by atoms with van der Waals surface area (Å²) in [6, 6.07) is 11.5. The molecular weight excluding hydrogens is 462 g/mol. The number of hydrogen-bond acceptors (Lipinski definition) is 1. The van der Waals surface area contributed by atoms with E-state index in [0.717, 1.165) is 25.5 Å². The molecule has 0 saturated carbocycles. The topological polar surface area (TPSA) is 9.23 Å². The molecule has 0 N–H and O–H groups in total. The van der Waals surface area contributed by atoms with Crippen LogP contribution in [0.3, 0.4) is 0 Å². The summed E-state index contributed by atoms with van der Waals surface area (Å²) < 4.78 is 6.40. The van der Waals surface area contributed by atoms with Gasteiger partial charge in [-0.25, -0.2) is 0 Å². The van der Waals surface area contributed by atoms with Crippen LogP contribution in [0.25, 0.3) is 0 Å². The molecule has 0 saturated heterocycles. The molecule has 2 aromatic carbocycles. The van der Waals surface area contributed by atoms with Gasteiger partial charge >= 0.3 is 0 Å². The van der Waals surface area contributed by atoms with Crippen LogP contribution in [0, 0.1) is 3.57 Å². The Morgan fingerprint density at radius 3 is 2.53 bits per heavy atom. The van der Waals surface area contributed by atoms with Crippen LogP contribution in [0.5, 0.6) is 5.75 Å². The molecule has 0 aliphatic heterocycles. The van der Waals surface area contributed by atoms with Crippen LogP contribution in [0.2, 0.25) is 10.0 Å². The molecule has 0 aromatic heterocycles. The summed E-state index contributed by atoms with van der Waals surface area (Å²) in [6.45, 7) is 0. The van der Waals surface area contributed by atoms with Gasteiger partial charge in [-0.2, -0.15) is 0 Å². The van der Waals surface area contributed by atoms with Gasteiger partial charge in [0.2, 0.25) is 0 Å². The molecule has 2 aromatic rings. The smallest absolute Gasteiger partial charge is 0.123 e. The Hall–Kier alpha value is 0.0300. The van der Waals surface area contributed by atoms with Gasteiger partial charge in [-0.1, -0.05) is 45.2 Å². The molecule has 0 aliphatic carbocycles. The second-order valence-electron chi connectivity index (χ2n) is 3.92. The fourth-order valence-electron chi connectivity index (χ4n) is 1.75. The first-order valence-electron chi connectivity index (χ1n) is 5.45. The van der Waals surface area contributed by atoms with Crippen LogP contribution in [0.4, 0.5) is 0 Å². The molecule has 0 aliphatic rings. The van der Waals surface area contributed by atoms with Gasteiger partial charge in [0.05, 0.1) is 17.0 Å². The number of benzene rings is 2. The molecule has 1 unspecified atom stereocenters. The van der Waals surface area contributed by atoms with Crippen molar-refractivity contribution in [1.82, 2.24) is 0 Å². The normalized spacial score (nSPS) is 12.3. The van der Waals surface area contributed by atoms with Gasteiger partial charge in [-0.05, 0) is 58.5 Å². The van der Waals surface area contributed by atoms with Crippen molar-refractivity contribution in [3.8, 4) is 5.75 Å². The zero-order valence-electron chi connectivity index (χ0n) is 9.96. The Morgan fingerprint density at radius 2 is 1.89 bits per heavy atom. The summed E-state index contributed by atoms with van der Waals surface area (Å²) in [6.07, 6.45) is 0. The van der Waals surface area contributed by atoms with Gasteiger partial charge in [0, 0.05) is 14.2 Å². The molecule has 19 heavy (non-hydrogen) atoms. The minimum atomic E-state index is -0.0179. The molecular formula is C14H10BrCl2IO. The number of ether oxygens (including phenoxy) is 1. The highest BCUT2D eigenvalue weighted by Gasteiger charge is 2.16. The number of methoxy groups -OCH3 is 1. The molecule has 0 fully saturated rings. The molecule has 0 bridgehead atoms. The summed E-state index contributed by atoms with van der Waals surface area (Å²) in [5.74, 6) is 0.793. The van der Waals surface area contributed by atoms with E-state index in [0.29, 0.717) is 5.02 Å². The van der Waals surface area contributed by atoms with Crippen LogP contribution in [-0.2, 0) is 0 Å². The zero-order chi connectivity index (χ0) is 14.0. The third kappa shape index (κ3) is 3.57. The molecule has 1 nitrogen and oxygen atoms in total. The van der Waals surface area contributed by atoms with Crippen LogP contribution in [-0.4, -0.2) is 7.11 Å². The zero-order valence-corrected chi connectivity index (χ0v) is 15.2. The van der Waals surface area contributed by atoms with Crippen LogP contribution >= 0.6 is 61.7 Å². The first kappa shape index (κ1) is 15.4. The lowest BCUT2D eigenvalue weighted by molar-refractivity contribution is 0.410. The fraction of sp³-hybridized carbons (Fsp3) is 0.143. The highest BCUT2D eigenvalue weighted by atomic mass is 127. The monoisotopic (exact) mass is 470 g/mol. The Morgan fingerprint density at radius 1 is 1.16 bits per heavy atom. The van der Waals surface area contributed by atoms with Crippen molar-refractivity contribution in [3.05, 3.63) is 61.1 Å². The predicted molar refractivity (Wildman–Crippen MR) is 92.9 cm³/mol. The lowest BCUT2D eigenvalue weighted by Gasteiger charge is -2.15. The van der Waals surface area contributed by atoms with Gasteiger partial charge < -0.3 is 4.74 Å². The van der Waals surface area contributed by atoms with Gasteiger partial charge in [-0.15, -0.1) is 0 Å². The van der Waals surface area contributed by atoms with E-state index < -0.39 is 0 Å². The van der Waals surface area contributed by atoms with E-state index in [9.17, 15) is 0 Å². The summed E-state index contributed by atoms with van der Waals surface area (Å²) >= 11 is 18.1. The van der Waals surface area contributed by atoms with E-state index in [-0.39, 0.29) is 4.83 Å². The van der Waals surface area contributed by atoms with E-state index >= 15 is 0 Å². The minimum Gasteiger partial charge on any atom is -0.496 e. The lowest BCUT2D eigenvalue weighted by atomic mass is 10.0. The second-order valence-corrected chi connectivity index (χ2v) is 6.84. The van der Waals surface area contributed by atoms with Gasteiger partial charge in [0.15, 0.2) is 0 Å². The van der Waals surface area contributed by atoms with Crippen molar-refractivity contribution in [3.63, 3.8) is 0 Å². The third-order valence-electron chi connectivity index (χ3n) is 2.70. The summed E-state index contributed by atoms with van der Waals surface area (Å²) in [4.78, 5) is -0.0179. The van der Waals surface area contributed by atoms with E-state index in [1.165, 1.54) is 0 Å². The van der Waals surface area contributed by atoms with Crippen LogP contribution < -0.4 is 4.74 Å². The van der Waals surface area contributed by atoms with Gasteiger partial charge in [0.1, 0.15) is 5.75 Å². The molecule has 0 spiro atoms. The molecule has 0 amide bonds. The van der Waals surface area contributed by atoms with Crippen LogP contribution in [0.1, 0.15) is 16.0 Å². The SMILES string of the molecule is COc1ccc(Cl)cc1C(Br)c1ccc(I)c(Cl)c1. The Kier molecular flexibility index (Phi) is 5.40. The molecule has 0 radical (unpaired) electrons. The molecule has 2 rings (SSSR count). The molecule has 0 heterocycles. The molecule has 1 atom stereocenters. The van der Waals surface area contributed by atoms with Gasteiger partial charge in [0.25, 0.3) is 0 Å². The summed E-state index contributed by atoms with van der Waals surface area (Å²) in [5, 5.41) is 1.42. The maximum atomic E-state index is 6.16. The van der Waals surface area contributed by atoms with E-state index in [1.807, 2.05) is 36.4 Å².